The van der Waals surface area contributed by atoms with Crippen LogP contribution < -0.4 is 14.8 Å². The Morgan fingerprint density at radius 1 is 1.00 bits per heavy atom. The Bertz CT molecular complexity index is 1150. The molecule has 2 amide bonds. The molecule has 2 aromatic carbocycles. The number of methoxy groups -OCH3 is 1. The first-order valence-corrected chi connectivity index (χ1v) is 13.4. The predicted molar refractivity (Wildman–Crippen MR) is 143 cm³/mol. The highest BCUT2D eigenvalue weighted by atomic mass is 16.5. The molecule has 0 unspecified atom stereocenters. The average molecular weight is 523 g/mol. The minimum absolute atomic E-state index is 0.0369. The maximum Gasteiger partial charge on any atom is 0.234 e. The van der Waals surface area contributed by atoms with Crippen LogP contribution in [-0.4, -0.2) is 92.6 Å². The molecule has 2 fully saturated rings. The molecule has 9 nitrogen and oxygen atoms in total. The van der Waals surface area contributed by atoms with E-state index in [-0.39, 0.29) is 36.4 Å². The number of amides is 2. The van der Waals surface area contributed by atoms with E-state index < -0.39 is 0 Å². The standard InChI is InChI=1S/C29H38N4O5/c1-31-11-9-22(10-12-31)29(35)33-16-24-27(17-33)37-19-21-5-4-6-23(13-21)38-26-14-20(7-8-25(26)36-3)15-32(2)18-28(34)30-24/h4-8,13-14,22,24,27H,9-12,15-19H2,1-3H3,(H,30,34)/t24-,27-/m0/s1. The van der Waals surface area contributed by atoms with E-state index in [0.29, 0.717) is 43.5 Å². The van der Waals surface area contributed by atoms with Crippen LogP contribution in [0.5, 0.6) is 17.2 Å². The van der Waals surface area contributed by atoms with Gasteiger partial charge in [0.25, 0.3) is 0 Å². The molecule has 3 aliphatic heterocycles. The molecule has 2 saturated heterocycles. The average Bonchev–Trinajstić information content (AvgIpc) is 3.29. The molecule has 0 radical (unpaired) electrons. The van der Waals surface area contributed by atoms with Gasteiger partial charge >= 0.3 is 0 Å². The van der Waals surface area contributed by atoms with Gasteiger partial charge in [-0.05, 0) is 75.4 Å². The monoisotopic (exact) mass is 522 g/mol. The molecule has 1 N–H and O–H groups in total. The van der Waals surface area contributed by atoms with Gasteiger partial charge in [0, 0.05) is 25.6 Å². The number of nitrogens with zero attached hydrogens (tertiary/aromatic N) is 3. The van der Waals surface area contributed by atoms with Crippen molar-refractivity contribution in [2.75, 3.05) is 53.9 Å². The van der Waals surface area contributed by atoms with Crippen LogP contribution in [0.25, 0.3) is 0 Å². The number of piperidine rings is 1. The second kappa shape index (κ2) is 11.7. The van der Waals surface area contributed by atoms with E-state index in [1.807, 2.05) is 59.3 Å². The summed E-state index contributed by atoms with van der Waals surface area (Å²) >= 11 is 0. The number of ether oxygens (including phenoxy) is 3. The van der Waals surface area contributed by atoms with Crippen LogP contribution in [0.2, 0.25) is 0 Å². The van der Waals surface area contributed by atoms with Gasteiger partial charge in [0.1, 0.15) is 5.75 Å². The van der Waals surface area contributed by atoms with Crippen LogP contribution in [-0.2, 0) is 27.5 Å². The number of hydrogen-bond acceptors (Lipinski definition) is 7. The van der Waals surface area contributed by atoms with Gasteiger partial charge in [-0.1, -0.05) is 18.2 Å². The van der Waals surface area contributed by atoms with Crippen molar-refractivity contribution in [3.8, 4) is 17.2 Å². The zero-order valence-corrected chi connectivity index (χ0v) is 22.5. The number of benzene rings is 2. The summed E-state index contributed by atoms with van der Waals surface area (Å²) in [6.07, 6.45) is 1.46. The van der Waals surface area contributed by atoms with E-state index in [0.717, 1.165) is 37.1 Å². The summed E-state index contributed by atoms with van der Waals surface area (Å²) in [4.78, 5) is 32.5. The Kier molecular flexibility index (Phi) is 8.16. The van der Waals surface area contributed by atoms with Crippen molar-refractivity contribution in [2.24, 2.45) is 5.92 Å². The van der Waals surface area contributed by atoms with Crippen LogP contribution in [0.15, 0.2) is 42.5 Å². The van der Waals surface area contributed by atoms with E-state index in [1.165, 1.54) is 0 Å². The second-order valence-corrected chi connectivity index (χ2v) is 10.8. The van der Waals surface area contributed by atoms with Crippen molar-refractivity contribution in [2.45, 2.75) is 38.1 Å². The van der Waals surface area contributed by atoms with E-state index in [2.05, 4.69) is 17.3 Å². The van der Waals surface area contributed by atoms with Gasteiger partial charge in [-0.2, -0.15) is 0 Å². The molecule has 38 heavy (non-hydrogen) atoms. The van der Waals surface area contributed by atoms with Gasteiger partial charge in [0.05, 0.1) is 32.4 Å². The van der Waals surface area contributed by atoms with Crippen molar-refractivity contribution in [1.29, 1.82) is 0 Å². The lowest BCUT2D eigenvalue weighted by Crippen LogP contribution is -2.47. The van der Waals surface area contributed by atoms with Crippen LogP contribution in [0.1, 0.15) is 24.0 Å². The van der Waals surface area contributed by atoms with Gasteiger partial charge < -0.3 is 29.3 Å². The van der Waals surface area contributed by atoms with E-state index in [9.17, 15) is 9.59 Å². The van der Waals surface area contributed by atoms with Crippen LogP contribution in [0, 0.1) is 5.92 Å². The van der Waals surface area contributed by atoms with Crippen molar-refractivity contribution < 1.29 is 23.8 Å². The Labute approximate surface area is 224 Å². The number of rotatable bonds is 2. The van der Waals surface area contributed by atoms with E-state index in [4.69, 9.17) is 14.2 Å². The van der Waals surface area contributed by atoms with Crippen molar-refractivity contribution in [1.82, 2.24) is 20.0 Å². The molecule has 4 bridgehead atoms. The highest BCUT2D eigenvalue weighted by molar-refractivity contribution is 5.81. The molecule has 2 atom stereocenters. The third kappa shape index (κ3) is 6.28. The number of likely N-dealkylation sites (tertiary alicyclic amines) is 2. The Morgan fingerprint density at radius 3 is 2.61 bits per heavy atom. The summed E-state index contributed by atoms with van der Waals surface area (Å²) < 4.78 is 18.1. The molecule has 3 heterocycles. The molecule has 9 heteroatoms. The lowest BCUT2D eigenvalue weighted by atomic mass is 9.96. The SMILES string of the molecule is COc1ccc2cc1Oc1cccc(c1)CO[C@H]1CN(C(=O)C3CCN(C)CC3)C[C@@H]1NC(=O)CN(C)C2. The summed E-state index contributed by atoms with van der Waals surface area (Å²) in [7, 11) is 5.63. The number of likely N-dealkylation sites (N-methyl/N-ethyl adjacent to an activating group) is 1. The van der Waals surface area contributed by atoms with Gasteiger partial charge in [-0.3, -0.25) is 14.5 Å². The van der Waals surface area contributed by atoms with Crippen molar-refractivity contribution in [3.05, 3.63) is 53.6 Å². The highest BCUT2D eigenvalue weighted by Gasteiger charge is 2.39. The summed E-state index contributed by atoms with van der Waals surface area (Å²) in [5, 5.41) is 3.17. The minimum Gasteiger partial charge on any atom is -0.493 e. The number of carbonyl (C=O) groups is 2. The van der Waals surface area contributed by atoms with Crippen LogP contribution in [0.3, 0.4) is 0 Å². The largest absolute Gasteiger partial charge is 0.493 e. The number of nitrogens with one attached hydrogen (secondary N) is 1. The molecule has 204 valence electrons. The lowest BCUT2D eigenvalue weighted by Gasteiger charge is -2.30. The van der Waals surface area contributed by atoms with Gasteiger partial charge in [-0.25, -0.2) is 0 Å². The zero-order chi connectivity index (χ0) is 26.6. The fourth-order valence-electron chi connectivity index (χ4n) is 5.57. The molecule has 0 saturated carbocycles. The van der Waals surface area contributed by atoms with Crippen molar-refractivity contribution in [3.63, 3.8) is 0 Å². The first-order valence-electron chi connectivity index (χ1n) is 13.4. The molecule has 2 aromatic rings. The van der Waals surface area contributed by atoms with Gasteiger partial charge in [0.2, 0.25) is 11.8 Å². The predicted octanol–water partition coefficient (Wildman–Crippen LogP) is 2.49. The van der Waals surface area contributed by atoms with Gasteiger partial charge in [-0.15, -0.1) is 0 Å². The molecular weight excluding hydrogens is 484 g/mol. The van der Waals surface area contributed by atoms with E-state index in [1.54, 1.807) is 7.11 Å². The summed E-state index contributed by atoms with van der Waals surface area (Å²) in [6, 6.07) is 13.3. The lowest BCUT2D eigenvalue weighted by molar-refractivity contribution is -0.136. The normalized spacial score (nSPS) is 23.9. The zero-order valence-electron chi connectivity index (χ0n) is 22.5. The molecular formula is C29H38N4O5. The molecule has 0 spiro atoms. The highest BCUT2D eigenvalue weighted by Crippen LogP contribution is 2.33. The summed E-state index contributed by atoms with van der Waals surface area (Å²) in [5.74, 6) is 2.08. The molecule has 0 aromatic heterocycles. The maximum absolute atomic E-state index is 13.4. The summed E-state index contributed by atoms with van der Waals surface area (Å²) in [5.41, 5.74) is 1.96. The van der Waals surface area contributed by atoms with E-state index >= 15 is 0 Å². The molecule has 5 rings (SSSR count). The smallest absolute Gasteiger partial charge is 0.234 e. The Balaban J connectivity index is 1.36. The fraction of sp³-hybridized carbons (Fsp3) is 0.517. The van der Waals surface area contributed by atoms with Crippen LogP contribution in [0.4, 0.5) is 0 Å². The first kappa shape index (κ1) is 26.5. The fourth-order valence-corrected chi connectivity index (χ4v) is 5.57. The summed E-state index contributed by atoms with van der Waals surface area (Å²) in [6.45, 7) is 3.96. The minimum atomic E-state index is -0.287. The number of hydrogen-bond donors (Lipinski definition) is 1. The van der Waals surface area contributed by atoms with Gasteiger partial charge in [0.15, 0.2) is 11.5 Å². The molecule has 3 aliphatic rings. The number of fused-ring (bicyclic) bond motifs is 5. The number of carbonyl (C=O) groups excluding carboxylic acids is 2. The maximum atomic E-state index is 13.4. The third-order valence-corrected chi connectivity index (χ3v) is 7.68. The van der Waals surface area contributed by atoms with Crippen molar-refractivity contribution >= 4 is 11.8 Å². The quantitative estimate of drug-likeness (QED) is 0.649. The second-order valence-electron chi connectivity index (χ2n) is 10.8. The first-order chi connectivity index (χ1) is 18.4. The third-order valence-electron chi connectivity index (χ3n) is 7.68. The topological polar surface area (TPSA) is 83.6 Å². The Morgan fingerprint density at radius 2 is 1.82 bits per heavy atom. The Hall–Kier alpha value is -3.14. The molecule has 0 aliphatic carbocycles. The van der Waals surface area contributed by atoms with Crippen LogP contribution >= 0.6 is 0 Å².